The molecule has 2 N–H and O–H groups in total. The van der Waals surface area contributed by atoms with E-state index in [1.165, 1.54) is 13.2 Å². The van der Waals surface area contributed by atoms with Crippen LogP contribution >= 0.6 is 12.4 Å². The highest BCUT2D eigenvalue weighted by molar-refractivity contribution is 5.85. The Bertz CT molecular complexity index is 564. The molecule has 1 fully saturated rings. The number of benzene rings is 1. The molecule has 9 heteroatoms. The zero-order valence-corrected chi connectivity index (χ0v) is 14.6. The van der Waals surface area contributed by atoms with E-state index in [2.05, 4.69) is 10.6 Å². The molecule has 142 valence electrons. The number of hydrogen-bond acceptors (Lipinski definition) is 4. The number of amides is 1. The number of alkyl halides is 3. The van der Waals surface area contributed by atoms with Gasteiger partial charge in [-0.15, -0.1) is 12.4 Å². The van der Waals surface area contributed by atoms with Crippen LogP contribution in [0.3, 0.4) is 0 Å². The van der Waals surface area contributed by atoms with Gasteiger partial charge in [0.05, 0.1) is 13.0 Å². The molecular formula is C16H22ClF3N2O3. The van der Waals surface area contributed by atoms with Crippen molar-refractivity contribution in [2.75, 3.05) is 26.8 Å². The molecule has 1 aromatic carbocycles. The Morgan fingerprint density at radius 2 is 2.12 bits per heavy atom. The summed E-state index contributed by atoms with van der Waals surface area (Å²) in [6.45, 7) is 0.499. The van der Waals surface area contributed by atoms with E-state index in [4.69, 9.17) is 9.47 Å². The molecule has 2 rings (SSSR count). The average Bonchev–Trinajstić information content (AvgIpc) is 2.58. The smallest absolute Gasteiger partial charge is 0.422 e. The number of nitrogens with one attached hydrogen (secondary N) is 2. The molecule has 0 saturated carbocycles. The summed E-state index contributed by atoms with van der Waals surface area (Å²) in [6, 6.07) is 4.58. The Morgan fingerprint density at radius 3 is 2.72 bits per heavy atom. The lowest BCUT2D eigenvalue weighted by molar-refractivity contribution is -0.153. The van der Waals surface area contributed by atoms with Gasteiger partial charge in [-0.1, -0.05) is 6.07 Å². The van der Waals surface area contributed by atoms with Crippen molar-refractivity contribution in [2.45, 2.75) is 25.6 Å². The Labute approximate surface area is 150 Å². The zero-order valence-electron chi connectivity index (χ0n) is 13.8. The quantitative estimate of drug-likeness (QED) is 0.794. The molecule has 1 amide bonds. The molecule has 1 aliphatic heterocycles. The lowest BCUT2D eigenvalue weighted by Gasteiger charge is -2.22. The van der Waals surface area contributed by atoms with Crippen LogP contribution in [0, 0.1) is 5.92 Å². The Kier molecular flexibility index (Phi) is 8.31. The van der Waals surface area contributed by atoms with E-state index in [0.29, 0.717) is 6.54 Å². The number of halogens is 4. The molecule has 1 aromatic rings. The molecule has 1 heterocycles. The lowest BCUT2D eigenvalue weighted by Crippen LogP contribution is -2.40. The standard InChI is InChI=1S/C16H21F3N2O3.ClH/c1-23-14-7-11(4-5-13(14)24-10-16(17,18)19)8-21-15(22)12-3-2-6-20-9-12;/h4-5,7,12,20H,2-3,6,8-10H2,1H3,(H,21,22);1H. The van der Waals surface area contributed by atoms with E-state index in [0.717, 1.165) is 24.9 Å². The third-order valence-electron chi connectivity index (χ3n) is 3.75. The van der Waals surface area contributed by atoms with Crippen molar-refractivity contribution in [3.63, 3.8) is 0 Å². The summed E-state index contributed by atoms with van der Waals surface area (Å²) in [6.07, 6.45) is -2.59. The lowest BCUT2D eigenvalue weighted by atomic mass is 9.99. The third kappa shape index (κ3) is 6.99. The van der Waals surface area contributed by atoms with Crippen LogP contribution in [0.15, 0.2) is 18.2 Å². The van der Waals surface area contributed by atoms with Gasteiger partial charge < -0.3 is 20.1 Å². The summed E-state index contributed by atoms with van der Waals surface area (Å²) < 4.78 is 46.5. The van der Waals surface area contributed by atoms with Crippen molar-refractivity contribution in [2.24, 2.45) is 5.92 Å². The van der Waals surface area contributed by atoms with Gasteiger partial charge in [0.25, 0.3) is 0 Å². The van der Waals surface area contributed by atoms with Crippen molar-refractivity contribution >= 4 is 18.3 Å². The molecule has 5 nitrogen and oxygen atoms in total. The number of carbonyl (C=O) groups excluding carboxylic acids is 1. The van der Waals surface area contributed by atoms with Crippen LogP contribution in [0.25, 0.3) is 0 Å². The maximum atomic E-state index is 12.2. The van der Waals surface area contributed by atoms with E-state index >= 15 is 0 Å². The van der Waals surface area contributed by atoms with Crippen molar-refractivity contribution in [3.8, 4) is 11.5 Å². The van der Waals surface area contributed by atoms with Crippen LogP contribution in [0.2, 0.25) is 0 Å². The van der Waals surface area contributed by atoms with Crippen molar-refractivity contribution < 1.29 is 27.4 Å². The van der Waals surface area contributed by atoms with Crippen molar-refractivity contribution in [1.29, 1.82) is 0 Å². The SMILES string of the molecule is COc1cc(CNC(=O)C2CCCNC2)ccc1OCC(F)(F)F.Cl. The minimum Gasteiger partial charge on any atom is -0.493 e. The predicted octanol–water partition coefficient (Wildman–Crippen LogP) is 2.67. The molecule has 1 atom stereocenters. The summed E-state index contributed by atoms with van der Waals surface area (Å²) in [5.74, 6) is 0.139. The fourth-order valence-corrected chi connectivity index (χ4v) is 2.51. The van der Waals surface area contributed by atoms with E-state index in [1.54, 1.807) is 12.1 Å². The van der Waals surface area contributed by atoms with Gasteiger partial charge in [-0.3, -0.25) is 4.79 Å². The number of ether oxygens (including phenoxy) is 2. The second-order valence-electron chi connectivity index (χ2n) is 5.65. The van der Waals surface area contributed by atoms with Gasteiger partial charge in [0.2, 0.25) is 5.91 Å². The van der Waals surface area contributed by atoms with E-state index in [9.17, 15) is 18.0 Å². The van der Waals surface area contributed by atoms with Gasteiger partial charge in [-0.2, -0.15) is 13.2 Å². The third-order valence-corrected chi connectivity index (χ3v) is 3.75. The predicted molar refractivity (Wildman–Crippen MR) is 89.2 cm³/mol. The molecular weight excluding hydrogens is 361 g/mol. The monoisotopic (exact) mass is 382 g/mol. The number of piperidine rings is 1. The summed E-state index contributed by atoms with van der Waals surface area (Å²) >= 11 is 0. The second kappa shape index (κ2) is 9.72. The number of methoxy groups -OCH3 is 1. The maximum Gasteiger partial charge on any atom is 0.422 e. The summed E-state index contributed by atoms with van der Waals surface area (Å²) in [5.41, 5.74) is 0.725. The largest absolute Gasteiger partial charge is 0.493 e. The number of hydrogen-bond donors (Lipinski definition) is 2. The molecule has 1 saturated heterocycles. The first-order valence-corrected chi connectivity index (χ1v) is 7.74. The van der Waals surface area contributed by atoms with Crippen LogP contribution in [-0.4, -0.2) is 38.9 Å². The van der Waals surface area contributed by atoms with E-state index in [1.807, 2.05) is 0 Å². The van der Waals surface area contributed by atoms with Crippen molar-refractivity contribution in [3.05, 3.63) is 23.8 Å². The highest BCUT2D eigenvalue weighted by Gasteiger charge is 2.29. The number of carbonyl (C=O) groups is 1. The van der Waals surface area contributed by atoms with Crippen LogP contribution in [0.1, 0.15) is 18.4 Å². The summed E-state index contributed by atoms with van der Waals surface area (Å²) in [7, 11) is 1.35. The second-order valence-corrected chi connectivity index (χ2v) is 5.65. The highest BCUT2D eigenvalue weighted by Crippen LogP contribution is 2.29. The van der Waals surface area contributed by atoms with Gasteiger partial charge in [-0.25, -0.2) is 0 Å². The molecule has 0 spiro atoms. The first-order valence-electron chi connectivity index (χ1n) is 7.74. The normalized spacial score (nSPS) is 17.4. The van der Waals surface area contributed by atoms with Gasteiger partial charge in [0, 0.05) is 13.1 Å². The zero-order chi connectivity index (χ0) is 17.6. The van der Waals surface area contributed by atoms with Crippen LogP contribution in [0.4, 0.5) is 13.2 Å². The van der Waals surface area contributed by atoms with Crippen LogP contribution in [0.5, 0.6) is 11.5 Å². The summed E-state index contributed by atoms with van der Waals surface area (Å²) in [5, 5.41) is 6.02. The minimum atomic E-state index is -4.41. The first kappa shape index (κ1) is 21.4. The van der Waals surface area contributed by atoms with E-state index < -0.39 is 12.8 Å². The molecule has 0 radical (unpaired) electrons. The van der Waals surface area contributed by atoms with Crippen molar-refractivity contribution in [1.82, 2.24) is 10.6 Å². The topological polar surface area (TPSA) is 59.6 Å². The van der Waals surface area contributed by atoms with Gasteiger partial charge in [-0.05, 0) is 37.1 Å². The van der Waals surface area contributed by atoms with Gasteiger partial charge in [0.15, 0.2) is 18.1 Å². The number of rotatable bonds is 6. The molecule has 1 aliphatic rings. The fourth-order valence-electron chi connectivity index (χ4n) is 2.51. The molecule has 25 heavy (non-hydrogen) atoms. The summed E-state index contributed by atoms with van der Waals surface area (Å²) in [4.78, 5) is 12.1. The Morgan fingerprint density at radius 1 is 1.36 bits per heavy atom. The molecule has 0 aromatic heterocycles. The maximum absolute atomic E-state index is 12.2. The Balaban J connectivity index is 0.00000312. The average molecular weight is 383 g/mol. The first-order chi connectivity index (χ1) is 11.4. The Hall–Kier alpha value is -1.67. The van der Waals surface area contributed by atoms with Gasteiger partial charge in [0.1, 0.15) is 0 Å². The van der Waals surface area contributed by atoms with E-state index in [-0.39, 0.29) is 42.3 Å². The molecule has 0 bridgehead atoms. The highest BCUT2D eigenvalue weighted by atomic mass is 35.5. The fraction of sp³-hybridized carbons (Fsp3) is 0.562. The minimum absolute atomic E-state index is 0. The molecule has 1 unspecified atom stereocenters. The van der Waals surface area contributed by atoms with Crippen LogP contribution < -0.4 is 20.1 Å². The van der Waals surface area contributed by atoms with Gasteiger partial charge >= 0.3 is 6.18 Å². The van der Waals surface area contributed by atoms with Crippen LogP contribution in [-0.2, 0) is 11.3 Å². The molecule has 0 aliphatic carbocycles.